The molecular formula is C19H29NO4. The molecule has 1 saturated heterocycles. The molecular weight excluding hydrogens is 306 g/mol. The zero-order valence-electron chi connectivity index (χ0n) is 15.0. The fourth-order valence-electron chi connectivity index (χ4n) is 3.08. The average molecular weight is 335 g/mol. The fraction of sp³-hybridized carbons (Fsp3) is 0.632. The summed E-state index contributed by atoms with van der Waals surface area (Å²) in [6.07, 6.45) is 0.275. The van der Waals surface area contributed by atoms with E-state index in [4.69, 9.17) is 4.74 Å². The van der Waals surface area contributed by atoms with Crippen molar-refractivity contribution in [1.29, 1.82) is 0 Å². The van der Waals surface area contributed by atoms with Gasteiger partial charge in [-0.05, 0) is 39.7 Å². The van der Waals surface area contributed by atoms with Gasteiger partial charge in [0.05, 0.1) is 11.2 Å². The molecule has 1 aliphatic rings. The molecule has 1 aromatic rings. The first-order chi connectivity index (χ1) is 11.1. The number of hydrogen-bond donors (Lipinski definition) is 2. The number of ether oxygens (including phenoxy) is 1. The number of hydrogen-bond acceptors (Lipinski definition) is 4. The maximum Gasteiger partial charge on any atom is 0.410 e. The average Bonchev–Trinajstić information content (AvgIpc) is 2.51. The summed E-state index contributed by atoms with van der Waals surface area (Å²) in [6.45, 7) is 8.08. The Morgan fingerprint density at radius 3 is 2.04 bits per heavy atom. The van der Waals surface area contributed by atoms with Gasteiger partial charge in [0.25, 0.3) is 0 Å². The number of amides is 1. The van der Waals surface area contributed by atoms with Gasteiger partial charge >= 0.3 is 6.09 Å². The fourth-order valence-corrected chi connectivity index (χ4v) is 3.08. The van der Waals surface area contributed by atoms with Crippen molar-refractivity contribution in [3.63, 3.8) is 0 Å². The number of benzene rings is 1. The number of piperidine rings is 1. The van der Waals surface area contributed by atoms with Gasteiger partial charge in [0.1, 0.15) is 6.61 Å². The molecule has 1 fully saturated rings. The van der Waals surface area contributed by atoms with E-state index in [-0.39, 0.29) is 18.4 Å². The van der Waals surface area contributed by atoms with Crippen molar-refractivity contribution >= 4 is 6.09 Å². The van der Waals surface area contributed by atoms with Crippen LogP contribution in [0.1, 0.15) is 39.7 Å². The highest BCUT2D eigenvalue weighted by Gasteiger charge is 2.42. The van der Waals surface area contributed by atoms with E-state index in [1.54, 1.807) is 32.6 Å². The Hall–Kier alpha value is -1.59. The molecule has 0 aliphatic carbocycles. The highest BCUT2D eigenvalue weighted by atomic mass is 16.6. The second kappa shape index (κ2) is 7.11. The number of nitrogens with zero attached hydrogens (tertiary/aromatic N) is 1. The van der Waals surface area contributed by atoms with Crippen molar-refractivity contribution in [3.8, 4) is 0 Å². The van der Waals surface area contributed by atoms with Crippen LogP contribution >= 0.6 is 0 Å². The highest BCUT2D eigenvalue weighted by Crippen LogP contribution is 2.35. The second-order valence-corrected chi connectivity index (χ2v) is 7.88. The van der Waals surface area contributed by atoms with E-state index >= 15 is 0 Å². The number of rotatable bonds is 4. The lowest BCUT2D eigenvalue weighted by Gasteiger charge is -2.45. The van der Waals surface area contributed by atoms with Crippen molar-refractivity contribution < 1.29 is 19.7 Å². The third kappa shape index (κ3) is 4.95. The molecule has 2 rings (SSSR count). The Bertz CT molecular complexity index is 523. The lowest BCUT2D eigenvalue weighted by atomic mass is 9.74. The van der Waals surface area contributed by atoms with E-state index < -0.39 is 17.3 Å². The van der Waals surface area contributed by atoms with Crippen LogP contribution in [0.4, 0.5) is 4.79 Å². The quantitative estimate of drug-likeness (QED) is 0.888. The molecule has 5 heteroatoms. The van der Waals surface area contributed by atoms with E-state index in [0.29, 0.717) is 19.5 Å². The summed E-state index contributed by atoms with van der Waals surface area (Å²) in [6, 6.07) is 9.53. The molecule has 1 aliphatic heterocycles. The molecule has 1 amide bonds. The summed E-state index contributed by atoms with van der Waals surface area (Å²) in [4.78, 5) is 14.1. The van der Waals surface area contributed by atoms with Crippen LogP contribution in [0.3, 0.4) is 0 Å². The second-order valence-electron chi connectivity index (χ2n) is 7.88. The van der Waals surface area contributed by atoms with Crippen LogP contribution in [0.25, 0.3) is 0 Å². The minimum Gasteiger partial charge on any atom is -0.445 e. The standard InChI is InChI=1S/C19H29NO4/c1-18(2,22)15-10-16(19(3,4)23)12-20(11-15)17(21)24-13-14-8-6-5-7-9-14/h5-9,15-16,22-23H,10-13H2,1-4H3/t15-,16-/m1/s1. The topological polar surface area (TPSA) is 70.0 Å². The predicted octanol–water partition coefficient (Wildman–Crippen LogP) is 2.80. The SMILES string of the molecule is CC(C)(O)[C@@H]1C[C@@H](C(C)(C)O)CN(C(=O)OCc2ccccc2)C1. The highest BCUT2D eigenvalue weighted by molar-refractivity contribution is 5.67. The molecule has 0 spiro atoms. The first kappa shape index (κ1) is 18.7. The number of carbonyl (C=O) groups excluding carboxylic acids is 1. The van der Waals surface area contributed by atoms with Crippen molar-refractivity contribution in [2.24, 2.45) is 11.8 Å². The van der Waals surface area contributed by atoms with Gasteiger partial charge in [-0.1, -0.05) is 30.3 Å². The van der Waals surface area contributed by atoms with Gasteiger partial charge in [-0.3, -0.25) is 0 Å². The van der Waals surface area contributed by atoms with Gasteiger partial charge in [0, 0.05) is 24.9 Å². The maximum atomic E-state index is 12.5. The normalized spacial score (nSPS) is 22.3. The van der Waals surface area contributed by atoms with Crippen LogP contribution in [-0.4, -0.2) is 45.5 Å². The summed E-state index contributed by atoms with van der Waals surface area (Å²) >= 11 is 0. The molecule has 0 bridgehead atoms. The van der Waals surface area contributed by atoms with E-state index in [1.165, 1.54) is 0 Å². The third-order valence-electron chi connectivity index (χ3n) is 4.91. The number of aliphatic hydroxyl groups is 2. The minimum atomic E-state index is -0.915. The van der Waals surface area contributed by atoms with Crippen LogP contribution in [0.5, 0.6) is 0 Å². The van der Waals surface area contributed by atoms with Crippen molar-refractivity contribution in [3.05, 3.63) is 35.9 Å². The molecule has 2 atom stereocenters. The molecule has 0 saturated carbocycles. The van der Waals surface area contributed by atoms with Gasteiger partial charge in [-0.25, -0.2) is 4.79 Å². The van der Waals surface area contributed by atoms with E-state index in [9.17, 15) is 15.0 Å². The largest absolute Gasteiger partial charge is 0.445 e. The van der Waals surface area contributed by atoms with Crippen LogP contribution in [-0.2, 0) is 11.3 Å². The molecule has 1 aromatic carbocycles. The minimum absolute atomic E-state index is 0.105. The Morgan fingerprint density at radius 1 is 1.08 bits per heavy atom. The molecule has 0 aromatic heterocycles. The lowest BCUT2D eigenvalue weighted by Crippen LogP contribution is -2.54. The lowest BCUT2D eigenvalue weighted by molar-refractivity contribution is -0.0758. The van der Waals surface area contributed by atoms with Gasteiger partial charge in [-0.2, -0.15) is 0 Å². The van der Waals surface area contributed by atoms with Gasteiger partial charge in [-0.15, -0.1) is 0 Å². The van der Waals surface area contributed by atoms with E-state index in [1.807, 2.05) is 30.3 Å². The Balaban J connectivity index is 2.05. The molecule has 0 radical (unpaired) electrons. The Labute approximate surface area is 144 Å². The van der Waals surface area contributed by atoms with Crippen LogP contribution < -0.4 is 0 Å². The smallest absolute Gasteiger partial charge is 0.410 e. The van der Waals surface area contributed by atoms with Crippen LogP contribution in [0, 0.1) is 11.8 Å². The summed E-state index contributed by atoms with van der Waals surface area (Å²) < 4.78 is 5.41. The van der Waals surface area contributed by atoms with Crippen molar-refractivity contribution in [1.82, 2.24) is 4.90 Å². The molecule has 134 valence electrons. The van der Waals surface area contributed by atoms with Gasteiger partial charge in [0.15, 0.2) is 0 Å². The predicted molar refractivity (Wildman–Crippen MR) is 92.4 cm³/mol. The molecule has 5 nitrogen and oxygen atoms in total. The number of carbonyl (C=O) groups is 1. The summed E-state index contributed by atoms with van der Waals surface area (Å²) in [5.74, 6) is -0.209. The maximum absolute atomic E-state index is 12.5. The van der Waals surface area contributed by atoms with Crippen molar-refractivity contribution in [2.75, 3.05) is 13.1 Å². The van der Waals surface area contributed by atoms with Crippen LogP contribution in [0.2, 0.25) is 0 Å². The third-order valence-corrected chi connectivity index (χ3v) is 4.91. The monoisotopic (exact) mass is 335 g/mol. The zero-order valence-corrected chi connectivity index (χ0v) is 15.0. The van der Waals surface area contributed by atoms with Gasteiger partial charge in [0.2, 0.25) is 0 Å². The number of likely N-dealkylation sites (tertiary alicyclic amines) is 1. The first-order valence-corrected chi connectivity index (χ1v) is 8.47. The Morgan fingerprint density at radius 2 is 1.58 bits per heavy atom. The zero-order chi connectivity index (χ0) is 18.0. The summed E-state index contributed by atoms with van der Waals surface area (Å²) in [7, 11) is 0. The summed E-state index contributed by atoms with van der Waals surface area (Å²) in [5.41, 5.74) is -0.898. The molecule has 0 unspecified atom stereocenters. The van der Waals surface area contributed by atoms with Crippen molar-refractivity contribution in [2.45, 2.75) is 51.9 Å². The Kier molecular flexibility index (Phi) is 5.56. The molecule has 24 heavy (non-hydrogen) atoms. The first-order valence-electron chi connectivity index (χ1n) is 8.47. The molecule has 2 N–H and O–H groups in total. The van der Waals surface area contributed by atoms with E-state index in [2.05, 4.69) is 0 Å². The summed E-state index contributed by atoms with van der Waals surface area (Å²) in [5, 5.41) is 20.7. The van der Waals surface area contributed by atoms with Crippen LogP contribution in [0.15, 0.2) is 30.3 Å². The van der Waals surface area contributed by atoms with Gasteiger partial charge < -0.3 is 19.8 Å². The molecule has 1 heterocycles. The van der Waals surface area contributed by atoms with E-state index in [0.717, 1.165) is 5.56 Å².